The highest BCUT2D eigenvalue weighted by Gasteiger charge is 2.25. The van der Waals surface area contributed by atoms with Gasteiger partial charge in [-0.15, -0.1) is 11.3 Å². The van der Waals surface area contributed by atoms with Crippen LogP contribution in [0, 0.1) is 11.3 Å². The minimum atomic E-state index is 0.0204. The van der Waals surface area contributed by atoms with Crippen molar-refractivity contribution in [1.29, 1.82) is 5.26 Å². The van der Waals surface area contributed by atoms with E-state index in [1.54, 1.807) is 17.5 Å². The lowest BCUT2D eigenvalue weighted by Gasteiger charge is -2.14. The Labute approximate surface area is 197 Å². The number of fused-ring (bicyclic) bond motifs is 1. The predicted octanol–water partition coefficient (Wildman–Crippen LogP) is 5.64. The molecule has 33 heavy (non-hydrogen) atoms. The highest BCUT2D eigenvalue weighted by molar-refractivity contribution is 7.18. The molecule has 0 amide bonds. The molecule has 2 N–H and O–H groups in total. The van der Waals surface area contributed by atoms with E-state index in [-0.39, 0.29) is 6.10 Å². The number of nitriles is 1. The van der Waals surface area contributed by atoms with Crippen LogP contribution in [0.5, 0.6) is 5.75 Å². The van der Waals surface area contributed by atoms with Crippen molar-refractivity contribution >= 4 is 11.3 Å². The van der Waals surface area contributed by atoms with Crippen LogP contribution in [0.3, 0.4) is 0 Å². The van der Waals surface area contributed by atoms with Crippen LogP contribution in [0.1, 0.15) is 48.8 Å². The van der Waals surface area contributed by atoms with Crippen LogP contribution in [0.25, 0.3) is 21.0 Å². The summed E-state index contributed by atoms with van der Waals surface area (Å²) >= 11 is 1.66. The van der Waals surface area contributed by atoms with Crippen LogP contribution < -0.4 is 10.1 Å². The molecule has 0 unspecified atom stereocenters. The van der Waals surface area contributed by atoms with Crippen molar-refractivity contribution in [3.8, 4) is 32.8 Å². The smallest absolute Gasteiger partial charge is 0.137 e. The Hall–Kier alpha value is -3.47. The van der Waals surface area contributed by atoms with Gasteiger partial charge in [-0.2, -0.15) is 5.26 Å². The van der Waals surface area contributed by atoms with E-state index in [0.29, 0.717) is 17.4 Å². The molecule has 1 atom stereocenters. The molecule has 4 aromatic rings. The summed E-state index contributed by atoms with van der Waals surface area (Å²) in [6, 6.07) is 14.8. The molecule has 1 aliphatic rings. The first kappa shape index (κ1) is 21.4. The second-order valence-corrected chi connectivity index (χ2v) is 9.43. The first-order valence-electron chi connectivity index (χ1n) is 11.1. The summed E-state index contributed by atoms with van der Waals surface area (Å²) in [4.78, 5) is 13.3. The number of benzene rings is 2. The third kappa shape index (κ3) is 4.40. The van der Waals surface area contributed by atoms with Crippen LogP contribution in [0.4, 0.5) is 0 Å². The lowest BCUT2D eigenvalue weighted by molar-refractivity contribution is 0.242. The Morgan fingerprint density at radius 1 is 1.27 bits per heavy atom. The maximum Gasteiger partial charge on any atom is 0.137 e. The van der Waals surface area contributed by atoms with Gasteiger partial charge in [-0.1, -0.05) is 18.2 Å². The number of hydrogen-bond donors (Lipinski definition) is 2. The molecule has 2 heterocycles. The summed E-state index contributed by atoms with van der Waals surface area (Å²) in [6.45, 7) is 4.64. The molecule has 7 heteroatoms. The van der Waals surface area contributed by atoms with Gasteiger partial charge >= 0.3 is 0 Å². The average Bonchev–Trinajstić information content (AvgIpc) is 3.58. The number of H-pyrrole nitrogens is 1. The molecule has 166 valence electrons. The molecule has 6 nitrogen and oxygen atoms in total. The molecular formula is C26H25N5OS. The molecule has 2 aromatic carbocycles. The van der Waals surface area contributed by atoms with Crippen molar-refractivity contribution in [1.82, 2.24) is 20.3 Å². The van der Waals surface area contributed by atoms with Gasteiger partial charge in [-0.3, -0.25) is 0 Å². The number of thiazole rings is 1. The van der Waals surface area contributed by atoms with E-state index < -0.39 is 0 Å². The lowest BCUT2D eigenvalue weighted by atomic mass is 10.0. The van der Waals surface area contributed by atoms with Gasteiger partial charge in [0.1, 0.15) is 22.7 Å². The quantitative estimate of drug-likeness (QED) is 0.377. The fourth-order valence-corrected chi connectivity index (χ4v) is 5.32. The molecule has 5 rings (SSSR count). The lowest BCUT2D eigenvalue weighted by Crippen LogP contribution is -2.19. The zero-order chi connectivity index (χ0) is 22.8. The van der Waals surface area contributed by atoms with Crippen LogP contribution in [0.15, 0.2) is 55.0 Å². The third-order valence-electron chi connectivity index (χ3n) is 5.82. The zero-order valence-corrected chi connectivity index (χ0v) is 19.4. The van der Waals surface area contributed by atoms with Crippen molar-refractivity contribution in [2.45, 2.75) is 45.4 Å². The van der Waals surface area contributed by atoms with Gasteiger partial charge in [0.2, 0.25) is 0 Å². The number of hydrogen-bond acceptors (Lipinski definition) is 6. The normalized spacial score (nSPS) is 14.9. The van der Waals surface area contributed by atoms with E-state index in [1.165, 1.54) is 16.7 Å². The minimum absolute atomic E-state index is 0.0204. The van der Waals surface area contributed by atoms with E-state index in [1.807, 2.05) is 44.4 Å². The molecule has 0 spiro atoms. The second kappa shape index (κ2) is 9.18. The zero-order valence-electron chi connectivity index (χ0n) is 18.6. The van der Waals surface area contributed by atoms with Crippen LogP contribution in [-0.2, 0) is 13.0 Å². The highest BCUT2D eigenvalue weighted by atomic mass is 32.1. The van der Waals surface area contributed by atoms with Crippen molar-refractivity contribution in [3.63, 3.8) is 0 Å². The van der Waals surface area contributed by atoms with E-state index in [4.69, 9.17) is 4.74 Å². The van der Waals surface area contributed by atoms with Crippen molar-refractivity contribution in [2.75, 3.05) is 0 Å². The summed E-state index contributed by atoms with van der Waals surface area (Å²) in [5.74, 6) is 1.57. The molecule has 0 radical (unpaired) electrons. The van der Waals surface area contributed by atoms with Crippen LogP contribution in [0.2, 0.25) is 0 Å². The van der Waals surface area contributed by atoms with Crippen molar-refractivity contribution in [2.24, 2.45) is 0 Å². The molecule has 0 fully saturated rings. The number of nitrogens with zero attached hydrogens (tertiary/aromatic N) is 3. The summed E-state index contributed by atoms with van der Waals surface area (Å²) in [6.07, 6.45) is 7.71. The van der Waals surface area contributed by atoms with Gasteiger partial charge in [0.05, 0.1) is 23.1 Å². The monoisotopic (exact) mass is 455 g/mol. The first-order valence-corrected chi connectivity index (χ1v) is 11.9. The van der Waals surface area contributed by atoms with Crippen LogP contribution in [-0.4, -0.2) is 21.1 Å². The number of ether oxygens (including phenoxy) is 1. The second-order valence-electron chi connectivity index (χ2n) is 8.40. The van der Waals surface area contributed by atoms with E-state index >= 15 is 0 Å². The molecule has 0 aliphatic heterocycles. The maximum absolute atomic E-state index is 9.56. The summed E-state index contributed by atoms with van der Waals surface area (Å²) in [5, 5.41) is 14.1. The van der Waals surface area contributed by atoms with E-state index in [0.717, 1.165) is 40.7 Å². The standard InChI is InChI=1S/C26H25N5OS/c1-16(2)32-23-9-6-17(12-18(23)13-27)26-31-14-24(33-26)21-5-3-4-20-19(21)7-8-22(20)30-15-25-28-10-11-29-25/h3-6,9-12,14,16,22,30H,7-8,15H2,1-2H3,(H,28,29)/t22-/m0/s1. The molecular weight excluding hydrogens is 430 g/mol. The van der Waals surface area contributed by atoms with Gasteiger partial charge in [0, 0.05) is 30.2 Å². The number of rotatable bonds is 7. The largest absolute Gasteiger partial charge is 0.490 e. The SMILES string of the molecule is CC(C)Oc1ccc(-c2ncc(-c3cccc4c3CC[C@@H]4NCc3ncc[nH]3)s2)cc1C#N. The number of aromatic nitrogens is 3. The number of nitrogens with one attached hydrogen (secondary N) is 2. The Bertz CT molecular complexity index is 1300. The van der Waals surface area contributed by atoms with Gasteiger partial charge in [0.25, 0.3) is 0 Å². The average molecular weight is 456 g/mol. The molecule has 0 bridgehead atoms. The Balaban J connectivity index is 1.39. The first-order chi connectivity index (χ1) is 16.1. The van der Waals surface area contributed by atoms with Gasteiger partial charge in [-0.05, 0) is 61.6 Å². The van der Waals surface area contributed by atoms with Crippen molar-refractivity contribution < 1.29 is 4.74 Å². The van der Waals surface area contributed by atoms with Crippen molar-refractivity contribution in [3.05, 3.63) is 77.5 Å². The Kier molecular flexibility index (Phi) is 5.95. The maximum atomic E-state index is 9.56. The van der Waals surface area contributed by atoms with Crippen LogP contribution >= 0.6 is 11.3 Å². The molecule has 0 saturated heterocycles. The number of aromatic amines is 1. The fourth-order valence-electron chi connectivity index (χ4n) is 4.35. The Morgan fingerprint density at radius 3 is 2.97 bits per heavy atom. The highest BCUT2D eigenvalue weighted by Crippen LogP contribution is 2.41. The van der Waals surface area contributed by atoms with Gasteiger partial charge in [-0.25, -0.2) is 9.97 Å². The topological polar surface area (TPSA) is 86.6 Å². The number of imidazole rings is 1. The summed E-state index contributed by atoms with van der Waals surface area (Å²) < 4.78 is 5.75. The Morgan fingerprint density at radius 2 is 2.18 bits per heavy atom. The van der Waals surface area contributed by atoms with E-state index in [9.17, 15) is 5.26 Å². The third-order valence-corrected chi connectivity index (χ3v) is 6.90. The molecule has 2 aromatic heterocycles. The molecule has 1 aliphatic carbocycles. The fraction of sp³-hybridized carbons (Fsp3) is 0.269. The summed E-state index contributed by atoms with van der Waals surface area (Å²) in [5.41, 5.74) is 5.46. The van der Waals surface area contributed by atoms with Gasteiger partial charge < -0.3 is 15.0 Å². The molecule has 0 saturated carbocycles. The van der Waals surface area contributed by atoms with E-state index in [2.05, 4.69) is 44.5 Å². The minimum Gasteiger partial charge on any atom is -0.490 e. The van der Waals surface area contributed by atoms with Gasteiger partial charge in [0.15, 0.2) is 0 Å². The predicted molar refractivity (Wildman–Crippen MR) is 130 cm³/mol. The summed E-state index contributed by atoms with van der Waals surface area (Å²) in [7, 11) is 0.